The van der Waals surface area contributed by atoms with Gasteiger partial charge in [0.1, 0.15) is 0 Å². The highest BCUT2D eigenvalue weighted by Gasteiger charge is 2.14. The third-order valence-corrected chi connectivity index (χ3v) is 3.73. The lowest BCUT2D eigenvalue weighted by Gasteiger charge is -2.06. The van der Waals surface area contributed by atoms with Crippen LogP contribution in [0.4, 0.5) is 5.69 Å². The first-order valence-corrected chi connectivity index (χ1v) is 7.37. The minimum atomic E-state index is -3.29. The normalized spacial score (nSPS) is 11.7. The van der Waals surface area contributed by atoms with Crippen LogP contribution in [0.1, 0.15) is 25.5 Å². The standard InChI is InChI=1S/C10H20N4O2S/c1-3-9-10(8-14(2)12-9)13-17(15,16)7-5-4-6-11/h8,13H,3-7,11H2,1-2H3. The predicted octanol–water partition coefficient (Wildman–Crippen LogP) is 0.463. The number of nitrogens with two attached hydrogens (primary N) is 1. The second-order valence-corrected chi connectivity index (χ2v) is 5.78. The molecule has 0 aliphatic carbocycles. The first kappa shape index (κ1) is 14.0. The average molecular weight is 260 g/mol. The van der Waals surface area contributed by atoms with Crippen molar-refractivity contribution in [1.82, 2.24) is 9.78 Å². The summed E-state index contributed by atoms with van der Waals surface area (Å²) in [6.07, 6.45) is 3.67. The molecule has 1 heterocycles. The van der Waals surface area contributed by atoms with E-state index in [4.69, 9.17) is 5.73 Å². The van der Waals surface area contributed by atoms with Crippen LogP contribution in [-0.2, 0) is 23.5 Å². The van der Waals surface area contributed by atoms with Crippen LogP contribution in [0.15, 0.2) is 6.20 Å². The quantitative estimate of drug-likeness (QED) is 0.697. The number of nitrogens with one attached hydrogen (secondary N) is 1. The van der Waals surface area contributed by atoms with Crippen molar-refractivity contribution in [3.05, 3.63) is 11.9 Å². The van der Waals surface area contributed by atoms with E-state index in [0.29, 0.717) is 31.5 Å². The number of rotatable bonds is 7. The Hall–Kier alpha value is -1.08. The highest BCUT2D eigenvalue weighted by Crippen LogP contribution is 2.15. The van der Waals surface area contributed by atoms with Crippen LogP contribution in [-0.4, -0.2) is 30.5 Å². The number of hydrogen-bond acceptors (Lipinski definition) is 4. The summed E-state index contributed by atoms with van der Waals surface area (Å²) in [5.74, 6) is 0.0995. The number of aromatic nitrogens is 2. The molecule has 0 fully saturated rings. The Morgan fingerprint density at radius 2 is 2.18 bits per heavy atom. The molecular formula is C10H20N4O2S. The smallest absolute Gasteiger partial charge is 0.232 e. The van der Waals surface area contributed by atoms with Crippen LogP contribution >= 0.6 is 0 Å². The summed E-state index contributed by atoms with van der Waals surface area (Å²) < 4.78 is 27.7. The van der Waals surface area contributed by atoms with Crippen molar-refractivity contribution in [2.24, 2.45) is 12.8 Å². The summed E-state index contributed by atoms with van der Waals surface area (Å²) in [4.78, 5) is 0. The van der Waals surface area contributed by atoms with Crippen LogP contribution in [0, 0.1) is 0 Å². The van der Waals surface area contributed by atoms with Crippen LogP contribution in [0.25, 0.3) is 0 Å². The highest BCUT2D eigenvalue weighted by molar-refractivity contribution is 7.92. The van der Waals surface area contributed by atoms with Crippen molar-refractivity contribution in [2.45, 2.75) is 26.2 Å². The van der Waals surface area contributed by atoms with Gasteiger partial charge in [0, 0.05) is 13.2 Å². The molecule has 0 aliphatic heterocycles. The molecule has 1 aromatic rings. The lowest BCUT2D eigenvalue weighted by Crippen LogP contribution is -2.18. The SMILES string of the molecule is CCc1nn(C)cc1NS(=O)(=O)CCCCN. The molecule has 0 spiro atoms. The van der Waals surface area contributed by atoms with Gasteiger partial charge < -0.3 is 5.73 Å². The number of nitrogens with zero attached hydrogens (tertiary/aromatic N) is 2. The van der Waals surface area contributed by atoms with Crippen molar-refractivity contribution in [3.8, 4) is 0 Å². The Bertz CT molecular complexity index is 453. The summed E-state index contributed by atoms with van der Waals surface area (Å²) in [7, 11) is -1.52. The Morgan fingerprint density at radius 1 is 1.47 bits per heavy atom. The summed E-state index contributed by atoms with van der Waals surface area (Å²) in [6.45, 7) is 2.46. The Kier molecular flexibility index (Phi) is 4.95. The van der Waals surface area contributed by atoms with Crippen molar-refractivity contribution in [1.29, 1.82) is 0 Å². The molecule has 6 nitrogen and oxygen atoms in total. The van der Waals surface area contributed by atoms with E-state index in [9.17, 15) is 8.42 Å². The maximum absolute atomic E-state index is 11.8. The zero-order valence-corrected chi connectivity index (χ0v) is 11.1. The van der Waals surface area contributed by atoms with E-state index in [1.807, 2.05) is 6.92 Å². The lowest BCUT2D eigenvalue weighted by atomic mass is 10.3. The summed E-state index contributed by atoms with van der Waals surface area (Å²) >= 11 is 0. The fourth-order valence-corrected chi connectivity index (χ4v) is 2.73. The molecule has 0 saturated heterocycles. The van der Waals surface area contributed by atoms with Gasteiger partial charge >= 0.3 is 0 Å². The maximum Gasteiger partial charge on any atom is 0.232 e. The minimum absolute atomic E-state index is 0.0995. The zero-order valence-electron chi connectivity index (χ0n) is 10.3. The van der Waals surface area contributed by atoms with Gasteiger partial charge in [0.05, 0.1) is 17.1 Å². The number of anilines is 1. The number of sulfonamides is 1. The molecule has 3 N–H and O–H groups in total. The monoisotopic (exact) mass is 260 g/mol. The van der Waals surface area contributed by atoms with Gasteiger partial charge in [-0.15, -0.1) is 0 Å². The van der Waals surface area contributed by atoms with Gasteiger partial charge in [0.25, 0.3) is 0 Å². The molecular weight excluding hydrogens is 240 g/mol. The number of unbranched alkanes of at least 4 members (excludes halogenated alkanes) is 1. The topological polar surface area (TPSA) is 90.0 Å². The van der Waals surface area contributed by atoms with E-state index >= 15 is 0 Å². The van der Waals surface area contributed by atoms with Gasteiger partial charge in [-0.1, -0.05) is 6.92 Å². The summed E-state index contributed by atoms with van der Waals surface area (Å²) in [5.41, 5.74) is 6.66. The molecule has 1 rings (SSSR count). The molecule has 98 valence electrons. The maximum atomic E-state index is 11.8. The molecule has 0 aromatic carbocycles. The molecule has 7 heteroatoms. The van der Waals surface area contributed by atoms with E-state index < -0.39 is 10.0 Å². The molecule has 0 unspecified atom stereocenters. The second kappa shape index (κ2) is 6.02. The first-order chi connectivity index (χ1) is 7.98. The molecule has 0 amide bonds. The minimum Gasteiger partial charge on any atom is -0.330 e. The fraction of sp³-hybridized carbons (Fsp3) is 0.700. The lowest BCUT2D eigenvalue weighted by molar-refractivity contribution is 0.597. The van der Waals surface area contributed by atoms with Gasteiger partial charge in [0.2, 0.25) is 10.0 Å². The van der Waals surface area contributed by atoms with Crippen LogP contribution in [0.3, 0.4) is 0 Å². The first-order valence-electron chi connectivity index (χ1n) is 5.71. The summed E-state index contributed by atoms with van der Waals surface area (Å²) in [5, 5.41) is 4.18. The van der Waals surface area contributed by atoms with Crippen molar-refractivity contribution in [2.75, 3.05) is 17.0 Å². The third-order valence-electron chi connectivity index (χ3n) is 2.37. The van der Waals surface area contributed by atoms with Crippen LogP contribution in [0.2, 0.25) is 0 Å². The molecule has 0 radical (unpaired) electrons. The zero-order chi connectivity index (χ0) is 12.9. The number of aryl methyl sites for hydroxylation is 2. The second-order valence-electron chi connectivity index (χ2n) is 3.93. The molecule has 0 saturated carbocycles. The molecule has 17 heavy (non-hydrogen) atoms. The molecule has 0 bridgehead atoms. The van der Waals surface area contributed by atoms with Crippen LogP contribution in [0.5, 0.6) is 0 Å². The molecule has 1 aromatic heterocycles. The van der Waals surface area contributed by atoms with E-state index in [1.54, 1.807) is 17.9 Å². The molecule has 0 atom stereocenters. The van der Waals surface area contributed by atoms with Crippen molar-refractivity contribution in [3.63, 3.8) is 0 Å². The van der Waals surface area contributed by atoms with Crippen molar-refractivity contribution >= 4 is 15.7 Å². The largest absolute Gasteiger partial charge is 0.330 e. The van der Waals surface area contributed by atoms with E-state index in [-0.39, 0.29) is 5.75 Å². The van der Waals surface area contributed by atoms with Gasteiger partial charge in [0.15, 0.2) is 0 Å². The van der Waals surface area contributed by atoms with Gasteiger partial charge in [-0.25, -0.2) is 8.42 Å². The Balaban J connectivity index is 2.69. The van der Waals surface area contributed by atoms with Gasteiger partial charge in [-0.2, -0.15) is 5.10 Å². The number of hydrogen-bond donors (Lipinski definition) is 2. The fourth-order valence-electron chi connectivity index (χ4n) is 1.54. The Morgan fingerprint density at radius 3 is 2.76 bits per heavy atom. The Labute approximate surface area is 102 Å². The molecule has 0 aliphatic rings. The highest BCUT2D eigenvalue weighted by atomic mass is 32.2. The third kappa shape index (κ3) is 4.35. The van der Waals surface area contributed by atoms with E-state index in [0.717, 1.165) is 5.69 Å². The van der Waals surface area contributed by atoms with Gasteiger partial charge in [-0.3, -0.25) is 9.40 Å². The van der Waals surface area contributed by atoms with Gasteiger partial charge in [-0.05, 0) is 25.8 Å². The van der Waals surface area contributed by atoms with Crippen LogP contribution < -0.4 is 10.5 Å². The van der Waals surface area contributed by atoms with E-state index in [1.165, 1.54) is 0 Å². The summed E-state index contributed by atoms with van der Waals surface area (Å²) in [6, 6.07) is 0. The van der Waals surface area contributed by atoms with E-state index in [2.05, 4.69) is 9.82 Å². The average Bonchev–Trinajstić information content (AvgIpc) is 2.58. The predicted molar refractivity (Wildman–Crippen MR) is 68.3 cm³/mol. The van der Waals surface area contributed by atoms with Crippen molar-refractivity contribution < 1.29 is 8.42 Å².